The van der Waals surface area contributed by atoms with Crippen molar-refractivity contribution >= 4 is 29.6 Å². The highest BCUT2D eigenvalue weighted by molar-refractivity contribution is 7.99. The van der Waals surface area contributed by atoms with Gasteiger partial charge in [0.15, 0.2) is 0 Å². The second kappa shape index (κ2) is 24.4. The molecule has 0 aromatic rings. The lowest BCUT2D eigenvalue weighted by Crippen LogP contribution is -2.48. The summed E-state index contributed by atoms with van der Waals surface area (Å²) in [6.45, 7) is 27.8. The Labute approximate surface area is 321 Å². The molecule has 5 fully saturated rings. The quantitative estimate of drug-likeness (QED) is 0.256. The number of rotatable bonds is 13. The van der Waals surface area contributed by atoms with Gasteiger partial charge in [-0.15, -0.1) is 0 Å². The minimum atomic E-state index is 0.799. The van der Waals surface area contributed by atoms with Crippen LogP contribution in [0.5, 0.6) is 0 Å². The molecular formula is C38H76N9O4S+3. The second-order valence-electron chi connectivity index (χ2n) is 14.5. The van der Waals surface area contributed by atoms with E-state index in [1.165, 1.54) is 101 Å². The summed E-state index contributed by atoms with van der Waals surface area (Å²) in [7, 11) is 7.54. The van der Waals surface area contributed by atoms with Crippen molar-refractivity contribution in [3.63, 3.8) is 0 Å². The highest BCUT2D eigenvalue weighted by Gasteiger charge is 2.37. The fourth-order valence-corrected chi connectivity index (χ4v) is 8.96. The van der Waals surface area contributed by atoms with Gasteiger partial charge in [0.25, 0.3) is 0 Å². The highest BCUT2D eigenvalue weighted by Crippen LogP contribution is 2.15. The molecule has 6 aliphatic rings. The standard InChI is InChI=1S/C14H28N3O.C13H26N3O2.C11H22N3OS/c1-3-7-15-10-11-17(12-13-18-2)14(15)16-8-5-4-6-9-16;1-3-4-14-5-6-15(7-10-17-2)13(14)16-8-11-18-12-9-16;1-12-3-4-13(5-8-15-2)11(12)14-6-9-16-10-7-14/h3-13H2,1-2H3;3-12H2,1-2H3;3-10H2,1-2H3/q3*+1. The van der Waals surface area contributed by atoms with E-state index in [1.807, 2.05) is 0 Å². The second-order valence-corrected chi connectivity index (χ2v) is 15.7. The summed E-state index contributed by atoms with van der Waals surface area (Å²) in [6, 6.07) is 0. The van der Waals surface area contributed by atoms with Gasteiger partial charge in [0.2, 0.25) is 0 Å². The number of guanidine groups is 3. The molecule has 0 unspecified atom stereocenters. The number of nitrogens with zero attached hydrogens (tertiary/aromatic N) is 9. The molecule has 0 radical (unpaired) electrons. The summed E-state index contributed by atoms with van der Waals surface area (Å²) in [5.41, 5.74) is 0. The summed E-state index contributed by atoms with van der Waals surface area (Å²) < 4.78 is 28.5. The van der Waals surface area contributed by atoms with Crippen molar-refractivity contribution in [3.05, 3.63) is 0 Å². The zero-order valence-electron chi connectivity index (χ0n) is 34.1. The van der Waals surface area contributed by atoms with Crippen LogP contribution < -0.4 is 0 Å². The fourth-order valence-electron chi connectivity index (χ4n) is 8.06. The van der Waals surface area contributed by atoms with E-state index in [1.54, 1.807) is 21.3 Å². The van der Waals surface area contributed by atoms with Gasteiger partial charge in [0.1, 0.15) is 0 Å². The first-order chi connectivity index (χ1) is 25.6. The van der Waals surface area contributed by atoms with Crippen LogP contribution in [-0.4, -0.2) is 245 Å². The number of thioether (sulfide) groups is 1. The van der Waals surface area contributed by atoms with Crippen LogP contribution in [0.15, 0.2) is 0 Å². The van der Waals surface area contributed by atoms with E-state index in [-0.39, 0.29) is 0 Å². The van der Waals surface area contributed by atoms with Crippen molar-refractivity contribution in [3.8, 4) is 0 Å². The van der Waals surface area contributed by atoms with Crippen molar-refractivity contribution in [2.45, 2.75) is 46.0 Å². The average molecular weight is 755 g/mol. The van der Waals surface area contributed by atoms with Gasteiger partial charge < -0.3 is 18.9 Å². The van der Waals surface area contributed by atoms with E-state index >= 15 is 0 Å². The SMILES string of the molecule is CCCN1CCN(CCOC)C1=[N+]1CCCCC1.CCCN1CCN(CCOC)C1=[N+]1CCOCC1.COCCN1CC[N+](C)=C1N1CCSCC1. The average Bonchev–Trinajstić information content (AvgIpc) is 3.90. The van der Waals surface area contributed by atoms with Crippen molar-refractivity contribution in [1.29, 1.82) is 0 Å². The topological polar surface area (TPSA) is 65.4 Å². The zero-order valence-corrected chi connectivity index (χ0v) is 34.9. The Balaban J connectivity index is 0.000000175. The van der Waals surface area contributed by atoms with Crippen LogP contribution in [0.4, 0.5) is 0 Å². The molecule has 6 aliphatic heterocycles. The van der Waals surface area contributed by atoms with Crippen LogP contribution in [-0.2, 0) is 18.9 Å². The van der Waals surface area contributed by atoms with Crippen molar-refractivity contribution < 1.29 is 32.7 Å². The largest absolute Gasteiger partial charge is 0.381 e. The predicted octanol–water partition coefficient (Wildman–Crippen LogP) is 1.27. The molecule has 0 spiro atoms. The van der Waals surface area contributed by atoms with E-state index in [2.05, 4.69) is 75.8 Å². The normalized spacial score (nSPS) is 21.3. The van der Waals surface area contributed by atoms with Gasteiger partial charge in [0.05, 0.1) is 151 Å². The van der Waals surface area contributed by atoms with Gasteiger partial charge in [-0.1, -0.05) is 13.8 Å². The van der Waals surface area contributed by atoms with Gasteiger partial charge >= 0.3 is 17.9 Å². The molecule has 52 heavy (non-hydrogen) atoms. The smallest absolute Gasteiger partial charge is 0.350 e. The van der Waals surface area contributed by atoms with Gasteiger partial charge in [-0.25, -0.2) is 0 Å². The van der Waals surface area contributed by atoms with Gasteiger partial charge in [-0.2, -0.15) is 11.8 Å². The third-order valence-electron chi connectivity index (χ3n) is 10.7. The Morgan fingerprint density at radius 3 is 1.44 bits per heavy atom. The Morgan fingerprint density at radius 2 is 0.981 bits per heavy atom. The Bertz CT molecular complexity index is 1050. The minimum absolute atomic E-state index is 0.799. The van der Waals surface area contributed by atoms with Gasteiger partial charge in [0, 0.05) is 32.8 Å². The number of methoxy groups -OCH3 is 3. The molecule has 13 nitrogen and oxygen atoms in total. The summed E-state index contributed by atoms with van der Waals surface area (Å²) >= 11 is 2.06. The molecule has 0 saturated carbocycles. The van der Waals surface area contributed by atoms with Crippen LogP contribution in [0.25, 0.3) is 0 Å². The van der Waals surface area contributed by atoms with E-state index in [0.29, 0.717) is 0 Å². The van der Waals surface area contributed by atoms with Crippen LogP contribution in [0.2, 0.25) is 0 Å². The van der Waals surface area contributed by atoms with Crippen LogP contribution in [0.3, 0.4) is 0 Å². The van der Waals surface area contributed by atoms with Crippen LogP contribution in [0, 0.1) is 0 Å². The predicted molar refractivity (Wildman–Crippen MR) is 214 cm³/mol. The maximum Gasteiger partial charge on any atom is 0.350 e. The molecule has 6 heterocycles. The first-order valence-electron chi connectivity index (χ1n) is 20.5. The van der Waals surface area contributed by atoms with Crippen LogP contribution in [0.1, 0.15) is 46.0 Å². The lowest BCUT2D eigenvalue weighted by molar-refractivity contribution is -0.557. The third-order valence-corrected chi connectivity index (χ3v) is 11.6. The summed E-state index contributed by atoms with van der Waals surface area (Å²) in [5.74, 6) is 6.81. The molecule has 0 atom stereocenters. The molecule has 0 aromatic heterocycles. The molecule has 14 heteroatoms. The first kappa shape index (κ1) is 42.7. The van der Waals surface area contributed by atoms with E-state index in [9.17, 15) is 0 Å². The molecule has 300 valence electrons. The summed E-state index contributed by atoms with van der Waals surface area (Å²) in [5, 5.41) is 0. The van der Waals surface area contributed by atoms with Crippen molar-refractivity contribution in [2.75, 3.05) is 184 Å². The van der Waals surface area contributed by atoms with Crippen molar-refractivity contribution in [1.82, 2.24) is 29.4 Å². The lowest BCUT2D eigenvalue weighted by atomic mass is 10.2. The summed E-state index contributed by atoms with van der Waals surface area (Å²) in [6.07, 6.45) is 6.53. The molecule has 0 aromatic carbocycles. The van der Waals surface area contributed by atoms with E-state index < -0.39 is 0 Å². The third kappa shape index (κ3) is 12.8. The molecule has 5 saturated heterocycles. The Hall–Kier alpha value is -2.00. The Kier molecular flexibility index (Phi) is 20.1. The van der Waals surface area contributed by atoms with E-state index in [0.717, 1.165) is 105 Å². The molecule has 6 rings (SSSR count). The number of ether oxygens (including phenoxy) is 4. The summed E-state index contributed by atoms with van der Waals surface area (Å²) in [4.78, 5) is 15.1. The van der Waals surface area contributed by atoms with E-state index in [4.69, 9.17) is 18.9 Å². The van der Waals surface area contributed by atoms with Crippen molar-refractivity contribution in [2.24, 2.45) is 0 Å². The Morgan fingerprint density at radius 1 is 0.538 bits per heavy atom. The highest BCUT2D eigenvalue weighted by atomic mass is 32.2. The molecule has 0 aliphatic carbocycles. The fraction of sp³-hybridized carbons (Fsp3) is 0.921. The number of hydrogen-bond donors (Lipinski definition) is 0. The lowest BCUT2D eigenvalue weighted by Gasteiger charge is -2.27. The number of hydrogen-bond acceptors (Lipinski definition) is 7. The number of morpholine rings is 1. The van der Waals surface area contributed by atoms with Gasteiger partial charge in [-0.3, -0.25) is 43.1 Å². The number of piperidine rings is 1. The molecule has 0 bridgehead atoms. The monoisotopic (exact) mass is 755 g/mol. The van der Waals surface area contributed by atoms with Crippen LogP contribution >= 0.6 is 11.8 Å². The van der Waals surface area contributed by atoms with Gasteiger partial charge in [-0.05, 0) is 32.1 Å². The molecule has 0 amide bonds. The molecule has 0 N–H and O–H groups in total. The molecular weight excluding hydrogens is 679 g/mol. The zero-order chi connectivity index (χ0) is 37.0. The minimum Gasteiger partial charge on any atom is -0.381 e. The maximum atomic E-state index is 5.45. The maximum absolute atomic E-state index is 5.45. The number of likely N-dealkylation sites (N-methyl/N-ethyl adjacent to an activating group) is 1. The first-order valence-corrected chi connectivity index (χ1v) is 21.6.